The van der Waals surface area contributed by atoms with Gasteiger partial charge < -0.3 is 4.74 Å². The molecule has 1 aliphatic carbocycles. The Hall–Kier alpha value is -1.64. The Kier molecular flexibility index (Phi) is 1.06. The van der Waals surface area contributed by atoms with E-state index in [1.54, 1.807) is 18.2 Å². The molecule has 0 spiro atoms. The number of aldehydes is 1. The molecule has 11 heavy (non-hydrogen) atoms. The minimum atomic E-state index is -0.550. The van der Waals surface area contributed by atoms with Gasteiger partial charge in [0, 0.05) is 5.57 Å². The molecule has 0 saturated carbocycles. The Morgan fingerprint density at radius 3 is 3.00 bits per heavy atom. The van der Waals surface area contributed by atoms with Crippen molar-refractivity contribution >= 4 is 12.3 Å². The number of hydrogen-bond donors (Lipinski definition) is 0. The van der Waals surface area contributed by atoms with E-state index in [1.165, 1.54) is 0 Å². The van der Waals surface area contributed by atoms with Gasteiger partial charge in [0.05, 0.1) is 0 Å². The molecule has 3 heteroatoms. The molecule has 0 aromatic rings. The van der Waals surface area contributed by atoms with Crippen LogP contribution >= 0.6 is 0 Å². The summed E-state index contributed by atoms with van der Waals surface area (Å²) in [5.74, 6) is -0.0669. The summed E-state index contributed by atoms with van der Waals surface area (Å²) in [6.07, 6.45) is 5.60. The first-order valence-electron chi connectivity index (χ1n) is 3.13. The van der Waals surface area contributed by atoms with Crippen LogP contribution < -0.4 is 0 Å². The van der Waals surface area contributed by atoms with Crippen LogP contribution in [-0.2, 0) is 14.3 Å². The average molecular weight is 148 g/mol. The van der Waals surface area contributed by atoms with Gasteiger partial charge in [-0.3, -0.25) is 4.79 Å². The molecule has 0 atom stereocenters. The number of allylic oxidation sites excluding steroid dienone is 3. The van der Waals surface area contributed by atoms with E-state index < -0.39 is 5.97 Å². The summed E-state index contributed by atoms with van der Waals surface area (Å²) >= 11 is 0. The van der Waals surface area contributed by atoms with Crippen molar-refractivity contribution in [2.24, 2.45) is 0 Å². The normalized spacial score (nSPS) is 20.0. The second-order valence-corrected chi connectivity index (χ2v) is 2.22. The molecule has 0 aromatic carbocycles. The summed E-state index contributed by atoms with van der Waals surface area (Å²) in [5.41, 5.74) is 0.718. The van der Waals surface area contributed by atoms with E-state index in [0.29, 0.717) is 17.6 Å². The van der Waals surface area contributed by atoms with Crippen LogP contribution in [0.15, 0.2) is 35.1 Å². The van der Waals surface area contributed by atoms with Crippen molar-refractivity contribution in [2.75, 3.05) is 0 Å². The van der Waals surface area contributed by atoms with Gasteiger partial charge >= 0.3 is 5.97 Å². The van der Waals surface area contributed by atoms with Gasteiger partial charge in [-0.2, -0.15) is 0 Å². The van der Waals surface area contributed by atoms with Gasteiger partial charge in [0.25, 0.3) is 0 Å². The van der Waals surface area contributed by atoms with E-state index in [0.717, 1.165) is 0 Å². The smallest absolute Gasteiger partial charge is 0.347 e. The van der Waals surface area contributed by atoms with Crippen molar-refractivity contribution in [3.8, 4) is 0 Å². The van der Waals surface area contributed by atoms with Crippen molar-refractivity contribution in [1.29, 1.82) is 0 Å². The molecular formula is C8H4O3. The SMILES string of the molecule is O=CC1=C2C=CC=C2OC1=O. The second-order valence-electron chi connectivity index (χ2n) is 2.22. The van der Waals surface area contributed by atoms with E-state index in [1.807, 2.05) is 0 Å². The molecule has 0 radical (unpaired) electrons. The summed E-state index contributed by atoms with van der Waals surface area (Å²) in [6, 6.07) is 0. The lowest BCUT2D eigenvalue weighted by atomic mass is 10.1. The Balaban J connectivity index is 2.60. The number of carbonyl (C=O) groups is 2. The fourth-order valence-corrected chi connectivity index (χ4v) is 1.09. The van der Waals surface area contributed by atoms with Crippen LogP contribution in [0.2, 0.25) is 0 Å². The van der Waals surface area contributed by atoms with Crippen LogP contribution in [0.3, 0.4) is 0 Å². The fraction of sp³-hybridized carbons (Fsp3) is 0. The molecule has 54 valence electrons. The molecule has 2 aliphatic rings. The maximum absolute atomic E-state index is 10.8. The molecule has 0 saturated heterocycles. The summed E-state index contributed by atoms with van der Waals surface area (Å²) < 4.78 is 4.74. The number of hydrogen-bond acceptors (Lipinski definition) is 3. The minimum absolute atomic E-state index is 0.116. The monoisotopic (exact) mass is 148 g/mol. The van der Waals surface area contributed by atoms with E-state index in [2.05, 4.69) is 0 Å². The van der Waals surface area contributed by atoms with Crippen molar-refractivity contribution in [3.63, 3.8) is 0 Å². The molecule has 0 unspecified atom stereocenters. The van der Waals surface area contributed by atoms with Crippen LogP contribution in [0.1, 0.15) is 0 Å². The summed E-state index contributed by atoms with van der Waals surface area (Å²) in [4.78, 5) is 21.2. The summed E-state index contributed by atoms with van der Waals surface area (Å²) in [7, 11) is 0. The van der Waals surface area contributed by atoms with Gasteiger partial charge in [-0.25, -0.2) is 4.79 Å². The Morgan fingerprint density at radius 1 is 1.45 bits per heavy atom. The first kappa shape index (κ1) is 6.09. The average Bonchev–Trinajstić information content (AvgIpc) is 2.46. The zero-order valence-corrected chi connectivity index (χ0v) is 5.53. The topological polar surface area (TPSA) is 43.4 Å². The molecular weight excluding hydrogens is 144 g/mol. The summed E-state index contributed by atoms with van der Waals surface area (Å²) in [6.45, 7) is 0. The predicted molar refractivity (Wildman–Crippen MR) is 36.4 cm³/mol. The molecule has 1 heterocycles. The van der Waals surface area contributed by atoms with Crippen LogP contribution in [0.4, 0.5) is 0 Å². The molecule has 0 fully saturated rings. The molecule has 3 nitrogen and oxygen atoms in total. The molecule has 0 bridgehead atoms. The van der Waals surface area contributed by atoms with Gasteiger partial charge in [0.15, 0.2) is 6.29 Å². The first-order valence-corrected chi connectivity index (χ1v) is 3.13. The highest BCUT2D eigenvalue weighted by molar-refractivity contribution is 6.12. The number of esters is 1. The first-order chi connectivity index (χ1) is 5.33. The van der Waals surface area contributed by atoms with E-state index in [4.69, 9.17) is 4.74 Å². The zero-order valence-electron chi connectivity index (χ0n) is 5.53. The highest BCUT2D eigenvalue weighted by Crippen LogP contribution is 2.29. The van der Waals surface area contributed by atoms with E-state index >= 15 is 0 Å². The molecule has 2 rings (SSSR count). The Morgan fingerprint density at radius 2 is 2.27 bits per heavy atom. The Bertz CT molecular complexity index is 331. The summed E-state index contributed by atoms with van der Waals surface area (Å²) in [5, 5.41) is 0. The van der Waals surface area contributed by atoms with Crippen LogP contribution in [0.25, 0.3) is 0 Å². The van der Waals surface area contributed by atoms with Gasteiger partial charge in [0.2, 0.25) is 0 Å². The molecule has 1 aliphatic heterocycles. The number of rotatable bonds is 1. The van der Waals surface area contributed by atoms with Crippen molar-refractivity contribution < 1.29 is 14.3 Å². The quantitative estimate of drug-likeness (QED) is 0.309. The third kappa shape index (κ3) is 0.676. The standard InChI is InChI=1S/C8H4O3/c9-4-6-5-2-1-3-7(5)11-8(6)10/h1-4H. The third-order valence-electron chi connectivity index (χ3n) is 1.61. The largest absolute Gasteiger partial charge is 0.422 e. The number of ether oxygens (including phenoxy) is 1. The molecule has 0 amide bonds. The fourth-order valence-electron chi connectivity index (χ4n) is 1.09. The van der Waals surface area contributed by atoms with Crippen molar-refractivity contribution in [2.45, 2.75) is 0 Å². The second kappa shape index (κ2) is 1.92. The lowest BCUT2D eigenvalue weighted by molar-refractivity contribution is -0.133. The third-order valence-corrected chi connectivity index (χ3v) is 1.61. The minimum Gasteiger partial charge on any atom is -0.422 e. The number of carbonyl (C=O) groups excluding carboxylic acids is 2. The lowest BCUT2D eigenvalue weighted by Crippen LogP contribution is -1.99. The van der Waals surface area contributed by atoms with E-state index in [-0.39, 0.29) is 5.57 Å². The van der Waals surface area contributed by atoms with Gasteiger partial charge in [0.1, 0.15) is 11.3 Å². The van der Waals surface area contributed by atoms with Crippen LogP contribution in [0, 0.1) is 0 Å². The highest BCUT2D eigenvalue weighted by atomic mass is 16.5. The molecule has 0 aromatic heterocycles. The highest BCUT2D eigenvalue weighted by Gasteiger charge is 2.29. The van der Waals surface area contributed by atoms with Crippen LogP contribution in [-0.4, -0.2) is 12.3 Å². The lowest BCUT2D eigenvalue weighted by Gasteiger charge is -1.90. The van der Waals surface area contributed by atoms with Gasteiger partial charge in [-0.1, -0.05) is 12.2 Å². The predicted octanol–water partition coefficient (Wildman–Crippen LogP) is 0.492. The zero-order chi connectivity index (χ0) is 7.84. The number of fused-ring (bicyclic) bond motifs is 1. The maximum atomic E-state index is 10.8. The Labute approximate surface area is 62.6 Å². The van der Waals surface area contributed by atoms with E-state index in [9.17, 15) is 9.59 Å². The van der Waals surface area contributed by atoms with Crippen molar-refractivity contribution in [3.05, 3.63) is 35.1 Å². The van der Waals surface area contributed by atoms with Gasteiger partial charge in [-0.05, 0) is 6.08 Å². The molecule has 0 N–H and O–H groups in total. The maximum Gasteiger partial charge on any atom is 0.347 e. The van der Waals surface area contributed by atoms with Gasteiger partial charge in [-0.15, -0.1) is 0 Å². The van der Waals surface area contributed by atoms with Crippen LogP contribution in [0.5, 0.6) is 0 Å². The van der Waals surface area contributed by atoms with Crippen molar-refractivity contribution in [1.82, 2.24) is 0 Å².